The molecule has 5 fully saturated rings. The molecular weight excluding hydrogens is 707 g/mol. The molecule has 2 heterocycles. The molecule has 2 bridgehead atoms. The maximum atomic E-state index is 14.4. The van der Waals surface area contributed by atoms with Crippen LogP contribution in [-0.4, -0.2) is 110 Å². The lowest BCUT2D eigenvalue weighted by Gasteiger charge is -2.62. The van der Waals surface area contributed by atoms with E-state index in [0.717, 1.165) is 48.3 Å². The summed E-state index contributed by atoms with van der Waals surface area (Å²) in [6.07, 6.45) is 1.25. The number of hydroxylamine groups is 2. The van der Waals surface area contributed by atoms with Crippen LogP contribution in [-0.2, 0) is 22.6 Å². The highest BCUT2D eigenvalue weighted by Crippen LogP contribution is 2.61. The van der Waals surface area contributed by atoms with Crippen molar-refractivity contribution in [2.24, 2.45) is 29.1 Å². The van der Waals surface area contributed by atoms with Gasteiger partial charge >= 0.3 is 0 Å². The summed E-state index contributed by atoms with van der Waals surface area (Å²) < 4.78 is 6.14. The van der Waals surface area contributed by atoms with Crippen molar-refractivity contribution >= 4 is 17.5 Å². The zero-order chi connectivity index (χ0) is 39.9. The fourth-order valence-corrected chi connectivity index (χ4v) is 10.2. The van der Waals surface area contributed by atoms with Crippen molar-refractivity contribution < 1.29 is 29.4 Å². The van der Waals surface area contributed by atoms with E-state index in [4.69, 9.17) is 9.57 Å². The van der Waals surface area contributed by atoms with Gasteiger partial charge in [0.25, 0.3) is 5.91 Å². The topological polar surface area (TPSA) is 127 Å². The van der Waals surface area contributed by atoms with E-state index in [1.807, 2.05) is 72.4 Å². The maximum Gasteiger partial charge on any atom is 0.254 e. The molecule has 2 saturated heterocycles. The number of methoxy groups -OCH3 is 1. The summed E-state index contributed by atoms with van der Waals surface area (Å²) in [5.74, 6) is 1.21. The lowest BCUT2D eigenvalue weighted by atomic mass is 9.45. The number of benzene rings is 3. The molecule has 5 aliphatic rings. The highest BCUT2D eigenvalue weighted by Gasteiger charge is 2.57. The Morgan fingerprint density at radius 3 is 2.52 bits per heavy atom. The molecule has 0 spiro atoms. The Hall–Kier alpha value is -4.00. The summed E-state index contributed by atoms with van der Waals surface area (Å²) in [4.78, 5) is 39.0. The zero-order valence-electron chi connectivity index (χ0n) is 34.1. The van der Waals surface area contributed by atoms with Crippen molar-refractivity contribution in [2.45, 2.75) is 83.8 Å². The third kappa shape index (κ3) is 7.68. The largest absolute Gasteiger partial charge is 0.496 e. The normalized spacial score (nSPS) is 29.0. The van der Waals surface area contributed by atoms with Crippen LogP contribution < -0.4 is 20.3 Å². The number of hydrogen-bond donors (Lipinski definition) is 4. The minimum absolute atomic E-state index is 0.0145. The Kier molecular flexibility index (Phi) is 11.8. The minimum atomic E-state index is -0.898. The van der Waals surface area contributed by atoms with E-state index in [1.165, 1.54) is 12.0 Å². The quantitative estimate of drug-likeness (QED) is 0.207. The highest BCUT2D eigenvalue weighted by molar-refractivity contribution is 5.97. The van der Waals surface area contributed by atoms with Gasteiger partial charge in [0.1, 0.15) is 17.9 Å². The molecule has 3 aliphatic carbocycles. The van der Waals surface area contributed by atoms with E-state index in [9.17, 15) is 19.8 Å². The molecule has 9 atom stereocenters. The SMILES string of the molecule is COc1c(CN2O[C@@H](CO)[C@@H]([C@H](C)O)[C@H]2C(=O)N[C@H]2C[C@H]3C[C@@H]([C@@H]2C)C3(C)C)cccc1-c1cc(C(=O)N2CCNC[C@@H]2Cc2ccccc2)cc(N(C)C)c1. The van der Waals surface area contributed by atoms with Gasteiger partial charge in [0, 0.05) is 74.1 Å². The first-order valence-corrected chi connectivity index (χ1v) is 20.4. The highest BCUT2D eigenvalue weighted by atomic mass is 16.7. The number of carbonyl (C=O) groups is 2. The summed E-state index contributed by atoms with van der Waals surface area (Å²) in [6.45, 7) is 10.5. The summed E-state index contributed by atoms with van der Waals surface area (Å²) >= 11 is 0. The second-order valence-electron chi connectivity index (χ2n) is 17.4. The number of piperazine rings is 1. The van der Waals surface area contributed by atoms with E-state index in [1.54, 1.807) is 19.1 Å². The predicted molar refractivity (Wildman–Crippen MR) is 218 cm³/mol. The monoisotopic (exact) mass is 767 g/mol. The number of ether oxygens (including phenoxy) is 1. The number of fused-ring (bicyclic) bond motifs is 2. The Balaban J connectivity index is 1.18. The van der Waals surface area contributed by atoms with Crippen molar-refractivity contribution in [3.8, 4) is 16.9 Å². The summed E-state index contributed by atoms with van der Waals surface area (Å²) in [5.41, 5.74) is 5.36. The van der Waals surface area contributed by atoms with Gasteiger partial charge in [-0.2, -0.15) is 5.06 Å². The van der Waals surface area contributed by atoms with Gasteiger partial charge in [0.2, 0.25) is 5.91 Å². The number of amides is 2. The predicted octanol–water partition coefficient (Wildman–Crippen LogP) is 4.75. The van der Waals surface area contributed by atoms with Gasteiger partial charge in [-0.3, -0.25) is 14.4 Å². The molecule has 3 saturated carbocycles. The average molecular weight is 768 g/mol. The third-order valence-electron chi connectivity index (χ3n) is 13.6. The number of nitrogens with zero attached hydrogens (tertiary/aromatic N) is 3. The van der Waals surface area contributed by atoms with E-state index < -0.39 is 24.2 Å². The molecule has 8 rings (SSSR count). The van der Waals surface area contributed by atoms with E-state index in [0.29, 0.717) is 35.6 Å². The molecule has 2 amide bonds. The molecule has 3 aromatic rings. The fraction of sp³-hybridized carbons (Fsp3) is 0.556. The molecule has 56 heavy (non-hydrogen) atoms. The third-order valence-corrected chi connectivity index (χ3v) is 13.6. The summed E-state index contributed by atoms with van der Waals surface area (Å²) in [7, 11) is 5.56. The summed E-state index contributed by atoms with van der Waals surface area (Å²) in [6, 6.07) is 21.4. The van der Waals surface area contributed by atoms with Crippen LogP contribution in [0.25, 0.3) is 11.1 Å². The van der Waals surface area contributed by atoms with Crippen LogP contribution in [0.2, 0.25) is 0 Å². The Morgan fingerprint density at radius 1 is 1.09 bits per heavy atom. The number of nitrogens with one attached hydrogen (secondary N) is 2. The summed E-state index contributed by atoms with van der Waals surface area (Å²) in [5, 5.41) is 29.8. The first kappa shape index (κ1) is 40.2. The molecule has 0 unspecified atom stereocenters. The first-order valence-electron chi connectivity index (χ1n) is 20.4. The van der Waals surface area contributed by atoms with Gasteiger partial charge in [-0.1, -0.05) is 69.3 Å². The molecule has 11 heteroatoms. The number of para-hydroxylation sites is 1. The van der Waals surface area contributed by atoms with Crippen molar-refractivity contribution in [1.29, 1.82) is 0 Å². The number of aliphatic hydroxyl groups is 2. The second-order valence-corrected chi connectivity index (χ2v) is 17.4. The van der Waals surface area contributed by atoms with Gasteiger partial charge in [-0.05, 0) is 78.7 Å². The van der Waals surface area contributed by atoms with Crippen LogP contribution in [0.1, 0.15) is 62.0 Å². The molecule has 4 N–H and O–H groups in total. The van der Waals surface area contributed by atoms with Crippen molar-refractivity contribution in [3.05, 3.63) is 83.4 Å². The second kappa shape index (κ2) is 16.5. The van der Waals surface area contributed by atoms with Gasteiger partial charge in [0.05, 0.1) is 26.4 Å². The average Bonchev–Trinajstić information content (AvgIpc) is 3.57. The maximum absolute atomic E-state index is 14.4. The molecule has 3 aromatic carbocycles. The smallest absolute Gasteiger partial charge is 0.254 e. The molecule has 0 aromatic heterocycles. The Morgan fingerprint density at radius 2 is 1.86 bits per heavy atom. The minimum Gasteiger partial charge on any atom is -0.496 e. The molecular formula is C45H61N5O6. The van der Waals surface area contributed by atoms with Crippen LogP contribution in [0.4, 0.5) is 5.69 Å². The van der Waals surface area contributed by atoms with Crippen LogP contribution in [0.5, 0.6) is 5.75 Å². The van der Waals surface area contributed by atoms with Gasteiger partial charge in [-0.15, -0.1) is 0 Å². The Bertz CT molecular complexity index is 1870. The molecule has 11 nitrogen and oxygen atoms in total. The van der Waals surface area contributed by atoms with Crippen LogP contribution in [0, 0.1) is 29.1 Å². The van der Waals surface area contributed by atoms with E-state index >= 15 is 0 Å². The number of anilines is 1. The zero-order valence-corrected chi connectivity index (χ0v) is 34.1. The molecule has 2 aliphatic heterocycles. The molecule has 302 valence electrons. The number of aliphatic hydroxyl groups excluding tert-OH is 2. The standard InChI is InChI=1S/C45H61N5O6/c1-27-37-22-33(45(37,3)4)23-38(27)47-43(53)41-40(28(2)52)39(26-51)56-50(41)25-30-14-11-15-36(42(30)55-7)31-19-32(21-34(20-31)48(5)6)44(54)49-17-16-46-24-35(49)18-29-12-9-8-10-13-29/h8-15,19-21,27-28,33,35,37-41,46,51-52H,16-18,22-26H2,1-7H3,(H,47,53)/t27-,28-,33+,35-,37-,38-,39-,40+,41-/m0/s1. The first-order chi connectivity index (χ1) is 26.8. The van der Waals surface area contributed by atoms with Crippen molar-refractivity contribution in [2.75, 3.05) is 52.3 Å². The van der Waals surface area contributed by atoms with Crippen molar-refractivity contribution in [3.63, 3.8) is 0 Å². The lowest BCUT2D eigenvalue weighted by molar-refractivity contribution is -0.183. The van der Waals surface area contributed by atoms with Crippen LogP contribution in [0.3, 0.4) is 0 Å². The van der Waals surface area contributed by atoms with Gasteiger partial charge in [-0.25, -0.2) is 0 Å². The van der Waals surface area contributed by atoms with E-state index in [-0.39, 0.29) is 42.5 Å². The molecule has 0 radical (unpaired) electrons. The number of hydrogen-bond acceptors (Lipinski definition) is 9. The lowest BCUT2D eigenvalue weighted by Crippen LogP contribution is -2.62. The number of carbonyl (C=O) groups excluding carboxylic acids is 2. The Labute approximate surface area is 332 Å². The van der Waals surface area contributed by atoms with Gasteiger partial charge < -0.3 is 35.4 Å². The van der Waals surface area contributed by atoms with Crippen molar-refractivity contribution in [1.82, 2.24) is 20.6 Å². The fourth-order valence-electron chi connectivity index (χ4n) is 10.2. The number of rotatable bonds is 12. The van der Waals surface area contributed by atoms with Gasteiger partial charge in [0.15, 0.2) is 0 Å². The van der Waals surface area contributed by atoms with Crippen LogP contribution >= 0.6 is 0 Å². The van der Waals surface area contributed by atoms with E-state index in [2.05, 4.69) is 49.6 Å². The van der Waals surface area contributed by atoms with Crippen LogP contribution in [0.15, 0.2) is 66.7 Å².